The van der Waals surface area contributed by atoms with Gasteiger partial charge in [0.1, 0.15) is 0 Å². The van der Waals surface area contributed by atoms with Crippen molar-refractivity contribution in [3.8, 4) is 0 Å². The van der Waals surface area contributed by atoms with E-state index in [1.54, 1.807) is 11.3 Å². The van der Waals surface area contributed by atoms with E-state index in [1.165, 1.54) is 43.4 Å². The largest absolute Gasteiger partial charge is 0.465 e. The highest BCUT2D eigenvalue weighted by Crippen LogP contribution is 2.66. The fraction of sp³-hybridized carbons (Fsp3) is 0.593. The second-order valence-electron chi connectivity index (χ2n) is 11.2. The molecule has 4 saturated carbocycles. The van der Waals surface area contributed by atoms with Crippen molar-refractivity contribution in [2.75, 3.05) is 6.61 Å². The van der Waals surface area contributed by atoms with Crippen molar-refractivity contribution in [2.45, 2.75) is 71.8 Å². The van der Waals surface area contributed by atoms with E-state index in [9.17, 15) is 9.59 Å². The van der Waals surface area contributed by atoms with Gasteiger partial charge in [0, 0.05) is 23.4 Å². The fourth-order valence-corrected chi connectivity index (χ4v) is 8.72. The van der Waals surface area contributed by atoms with E-state index in [0.717, 1.165) is 22.0 Å². The Balaban J connectivity index is 1.13. The molecule has 4 fully saturated rings. The first-order chi connectivity index (χ1) is 15.7. The molecule has 2 atom stereocenters. The first-order valence-corrected chi connectivity index (χ1v) is 13.8. The Morgan fingerprint density at radius 1 is 1.15 bits per heavy atom. The third kappa shape index (κ3) is 4.97. The van der Waals surface area contributed by atoms with E-state index in [2.05, 4.69) is 22.9 Å². The smallest absolute Gasteiger partial charge is 0.306 e. The third-order valence-corrected chi connectivity index (χ3v) is 9.90. The predicted molar refractivity (Wildman–Crippen MR) is 132 cm³/mol. The molecule has 4 nitrogen and oxygen atoms in total. The number of hydrogen-bond donors (Lipinski definition) is 0. The Morgan fingerprint density at radius 3 is 2.52 bits per heavy atom. The summed E-state index contributed by atoms with van der Waals surface area (Å²) in [5, 5.41) is 0. The van der Waals surface area contributed by atoms with Crippen molar-refractivity contribution in [3.63, 3.8) is 0 Å². The molecule has 1 aromatic heterocycles. The maximum absolute atomic E-state index is 12.8. The topological polar surface area (TPSA) is 47.2 Å². The molecule has 4 bridgehead atoms. The Bertz CT molecular complexity index is 1050. The normalized spacial score (nSPS) is 29.9. The number of halogens is 1. The number of ether oxygens (including phenoxy) is 1. The van der Waals surface area contributed by atoms with Gasteiger partial charge in [-0.2, -0.15) is 4.57 Å². The Labute approximate surface area is 208 Å². The molecule has 4 aliphatic carbocycles. The van der Waals surface area contributed by atoms with Crippen LogP contribution in [0.5, 0.6) is 0 Å². The zero-order valence-corrected chi connectivity index (χ0v) is 22.0. The molecule has 33 heavy (non-hydrogen) atoms. The summed E-state index contributed by atoms with van der Waals surface area (Å²) in [6.07, 6.45) is 9.07. The van der Waals surface area contributed by atoms with E-state index in [4.69, 9.17) is 4.74 Å². The Morgan fingerprint density at radius 2 is 1.85 bits per heavy atom. The monoisotopic (exact) mass is 530 g/mol. The van der Waals surface area contributed by atoms with Crippen LogP contribution in [0.3, 0.4) is 0 Å². The number of ketones is 1. The molecule has 0 radical (unpaired) electrons. The minimum atomic E-state index is -0.0203. The molecule has 2 aromatic rings. The number of esters is 1. The number of hydrogen-bond acceptors (Lipinski definition) is 4. The van der Waals surface area contributed by atoms with Gasteiger partial charge in [-0.1, -0.05) is 46.3 Å². The molecule has 0 aliphatic heterocycles. The van der Waals surface area contributed by atoms with E-state index in [0.29, 0.717) is 37.0 Å². The van der Waals surface area contributed by atoms with Crippen LogP contribution in [0.15, 0.2) is 34.2 Å². The molecule has 1 aromatic carbocycles. The van der Waals surface area contributed by atoms with Gasteiger partial charge >= 0.3 is 5.97 Å². The second-order valence-corrected chi connectivity index (χ2v) is 13.1. The standard InChI is InChI=1S/C27H33BrNO3S/c1-18-24(33-17-29(18)15-23(30)21-3-5-22(28)6-4-21)7-8-32-25(31)14-27-12-19-9-20(13-27)11-26(2,10-19)16-27/h3-6,17,19-20H,7-16H2,1-2H3/q+1. The molecule has 176 valence electrons. The molecule has 6 rings (SSSR count). The maximum atomic E-state index is 12.8. The SMILES string of the molecule is Cc1c(CCOC(=O)CC23CC4CC(CC(C)(C4)C2)C3)sc[n+]1CC(=O)c1ccc(Br)cc1. The summed E-state index contributed by atoms with van der Waals surface area (Å²) in [5.74, 6) is 1.73. The van der Waals surface area contributed by atoms with E-state index in [1.807, 2.05) is 41.3 Å². The summed E-state index contributed by atoms with van der Waals surface area (Å²) in [6, 6.07) is 7.47. The van der Waals surface area contributed by atoms with Crippen LogP contribution in [-0.4, -0.2) is 18.4 Å². The lowest BCUT2D eigenvalue weighted by Crippen LogP contribution is -2.51. The van der Waals surface area contributed by atoms with Crippen LogP contribution >= 0.6 is 27.3 Å². The number of aromatic nitrogens is 1. The number of carbonyl (C=O) groups is 2. The average molecular weight is 532 g/mol. The van der Waals surface area contributed by atoms with Crippen molar-refractivity contribution in [2.24, 2.45) is 22.7 Å². The number of carbonyl (C=O) groups excluding carboxylic acids is 2. The Kier molecular flexibility index (Phi) is 6.28. The molecular formula is C27H33BrNO3S+. The zero-order chi connectivity index (χ0) is 23.2. The molecule has 0 saturated heterocycles. The van der Waals surface area contributed by atoms with Gasteiger partial charge in [-0.05, 0) is 73.3 Å². The van der Waals surface area contributed by atoms with Gasteiger partial charge < -0.3 is 4.74 Å². The van der Waals surface area contributed by atoms with Gasteiger partial charge in [0.2, 0.25) is 17.8 Å². The van der Waals surface area contributed by atoms with Crippen molar-refractivity contribution < 1.29 is 18.9 Å². The first-order valence-electron chi connectivity index (χ1n) is 12.1. The number of rotatable bonds is 8. The van der Waals surface area contributed by atoms with Crippen molar-refractivity contribution in [3.05, 3.63) is 50.4 Å². The molecule has 0 N–H and O–H groups in total. The van der Waals surface area contributed by atoms with Crippen molar-refractivity contribution in [1.82, 2.24) is 0 Å². The van der Waals surface area contributed by atoms with Gasteiger partial charge in [-0.25, -0.2) is 0 Å². The summed E-state index contributed by atoms with van der Waals surface area (Å²) in [7, 11) is 0. The molecule has 0 amide bonds. The highest BCUT2D eigenvalue weighted by Gasteiger charge is 2.56. The van der Waals surface area contributed by atoms with Crippen LogP contribution in [0.1, 0.15) is 72.8 Å². The fourth-order valence-electron chi connectivity index (χ4n) is 7.48. The maximum Gasteiger partial charge on any atom is 0.306 e. The first kappa shape index (κ1) is 23.2. The van der Waals surface area contributed by atoms with Crippen LogP contribution < -0.4 is 4.57 Å². The van der Waals surface area contributed by atoms with Gasteiger partial charge in [-0.3, -0.25) is 9.59 Å². The van der Waals surface area contributed by atoms with E-state index >= 15 is 0 Å². The average Bonchev–Trinajstić information content (AvgIpc) is 3.05. The van der Waals surface area contributed by atoms with Crippen LogP contribution in [0.2, 0.25) is 0 Å². The van der Waals surface area contributed by atoms with Crippen LogP contribution in [0, 0.1) is 29.6 Å². The number of nitrogens with zero attached hydrogens (tertiary/aromatic N) is 1. The van der Waals surface area contributed by atoms with Crippen molar-refractivity contribution in [1.29, 1.82) is 0 Å². The Hall–Kier alpha value is -1.53. The lowest BCUT2D eigenvalue weighted by atomic mass is 9.44. The van der Waals surface area contributed by atoms with Gasteiger partial charge in [0.15, 0.2) is 5.69 Å². The van der Waals surface area contributed by atoms with Gasteiger partial charge in [0.25, 0.3) is 0 Å². The van der Waals surface area contributed by atoms with Gasteiger partial charge in [-0.15, -0.1) is 0 Å². The summed E-state index contributed by atoms with van der Waals surface area (Å²) < 4.78 is 8.70. The van der Waals surface area contributed by atoms with Crippen LogP contribution in [0.4, 0.5) is 0 Å². The van der Waals surface area contributed by atoms with Crippen LogP contribution in [0.25, 0.3) is 0 Å². The highest BCUT2D eigenvalue weighted by molar-refractivity contribution is 9.10. The second kappa shape index (κ2) is 8.92. The minimum absolute atomic E-state index is 0.0203. The van der Waals surface area contributed by atoms with E-state index in [-0.39, 0.29) is 17.2 Å². The third-order valence-electron chi connectivity index (χ3n) is 8.22. The van der Waals surface area contributed by atoms with Crippen molar-refractivity contribution >= 4 is 39.0 Å². The summed E-state index contributed by atoms with van der Waals surface area (Å²) >= 11 is 5.04. The molecule has 2 unspecified atom stereocenters. The number of thiazole rings is 1. The lowest BCUT2D eigenvalue weighted by Gasteiger charge is -2.61. The molecule has 6 heteroatoms. The molecule has 0 spiro atoms. The number of Topliss-reactive ketones (excluding diaryl/α,β-unsaturated/α-hetero) is 1. The molecular weight excluding hydrogens is 498 g/mol. The van der Waals surface area contributed by atoms with Crippen LogP contribution in [-0.2, 0) is 22.5 Å². The summed E-state index contributed by atoms with van der Waals surface area (Å²) in [5.41, 5.74) is 4.45. The predicted octanol–water partition coefficient (Wildman–Crippen LogP) is 6.07. The minimum Gasteiger partial charge on any atom is -0.465 e. The summed E-state index contributed by atoms with van der Waals surface area (Å²) in [4.78, 5) is 26.6. The number of benzene rings is 1. The molecule has 1 heterocycles. The summed E-state index contributed by atoms with van der Waals surface area (Å²) in [6.45, 7) is 5.23. The zero-order valence-electron chi connectivity index (χ0n) is 19.6. The van der Waals surface area contributed by atoms with Gasteiger partial charge in [0.05, 0.1) is 17.9 Å². The molecule has 4 aliphatic rings. The quantitative estimate of drug-likeness (QED) is 0.236. The lowest BCUT2D eigenvalue weighted by molar-refractivity contribution is -0.684. The van der Waals surface area contributed by atoms with E-state index < -0.39 is 0 Å². The highest BCUT2D eigenvalue weighted by atomic mass is 79.9.